The van der Waals surface area contributed by atoms with Crippen molar-refractivity contribution >= 4 is 5.91 Å². The maximum Gasteiger partial charge on any atom is 0.246 e. The Balaban J connectivity index is 1.69. The molecule has 0 aromatic heterocycles. The number of rotatable bonds is 7. The molecule has 1 saturated heterocycles. The number of hydrogen-bond acceptors (Lipinski definition) is 4. The maximum atomic E-state index is 12.2. The molecule has 0 bridgehead atoms. The van der Waals surface area contributed by atoms with E-state index in [0.29, 0.717) is 30.3 Å². The fraction of sp³-hybridized carbons (Fsp3) is 0.947. The van der Waals surface area contributed by atoms with E-state index < -0.39 is 0 Å². The van der Waals surface area contributed by atoms with E-state index in [4.69, 9.17) is 9.47 Å². The van der Waals surface area contributed by atoms with Crippen molar-refractivity contribution in [2.45, 2.75) is 59.1 Å². The molecule has 0 aromatic rings. The van der Waals surface area contributed by atoms with Crippen LogP contribution in [0.15, 0.2) is 0 Å². The zero-order valence-electron chi connectivity index (χ0n) is 15.9. The average molecular weight is 341 g/mol. The molecular weight excluding hydrogens is 304 g/mol. The van der Waals surface area contributed by atoms with Gasteiger partial charge in [-0.1, -0.05) is 27.2 Å². The second-order valence-corrected chi connectivity index (χ2v) is 7.98. The van der Waals surface area contributed by atoms with Crippen LogP contribution in [0.1, 0.15) is 47.0 Å². The highest BCUT2D eigenvalue weighted by Gasteiger charge is 2.31. The Morgan fingerprint density at radius 2 is 1.96 bits per heavy atom. The zero-order valence-corrected chi connectivity index (χ0v) is 15.9. The van der Waals surface area contributed by atoms with Crippen molar-refractivity contribution in [2.24, 2.45) is 17.8 Å². The van der Waals surface area contributed by atoms with Crippen LogP contribution in [0.3, 0.4) is 0 Å². The van der Waals surface area contributed by atoms with Gasteiger partial charge < -0.3 is 14.8 Å². The van der Waals surface area contributed by atoms with Gasteiger partial charge in [0.1, 0.15) is 6.61 Å². The van der Waals surface area contributed by atoms with Crippen LogP contribution in [0.4, 0.5) is 0 Å². The molecule has 2 aliphatic rings. The summed E-state index contributed by atoms with van der Waals surface area (Å²) in [6.07, 6.45) is 3.82. The number of ether oxygens (including phenoxy) is 2. The lowest BCUT2D eigenvalue weighted by Gasteiger charge is -2.37. The van der Waals surface area contributed by atoms with Crippen LogP contribution >= 0.6 is 0 Å². The summed E-state index contributed by atoms with van der Waals surface area (Å²) in [5.74, 6) is 1.92. The molecule has 1 aliphatic heterocycles. The van der Waals surface area contributed by atoms with Gasteiger partial charge in [0.05, 0.1) is 19.3 Å². The first kappa shape index (κ1) is 19.7. The average Bonchev–Trinajstić information content (AvgIpc) is 2.58. The summed E-state index contributed by atoms with van der Waals surface area (Å²) < 4.78 is 11.4. The van der Waals surface area contributed by atoms with Crippen molar-refractivity contribution < 1.29 is 14.3 Å². The molecule has 1 saturated carbocycles. The van der Waals surface area contributed by atoms with E-state index in [1.165, 1.54) is 12.8 Å². The predicted octanol–water partition coefficient (Wildman–Crippen LogP) is 2.30. The van der Waals surface area contributed by atoms with Gasteiger partial charge in [-0.2, -0.15) is 0 Å². The number of carbonyl (C=O) groups excluding carboxylic acids is 1. The molecule has 24 heavy (non-hydrogen) atoms. The lowest BCUT2D eigenvalue weighted by atomic mass is 9.75. The summed E-state index contributed by atoms with van der Waals surface area (Å²) >= 11 is 0. The molecule has 0 spiro atoms. The number of hydrogen-bond donors (Lipinski definition) is 1. The SMILES string of the molecule is CC(C)[C@H]1CC[C@@H](C)C[C@H]1OCC(=O)NC[C@@H](C)N1CCOCC1. The molecule has 4 atom stereocenters. The fourth-order valence-electron chi connectivity index (χ4n) is 3.95. The first-order chi connectivity index (χ1) is 11.5. The Labute approximate surface area is 147 Å². The minimum absolute atomic E-state index is 0.0100. The smallest absolute Gasteiger partial charge is 0.246 e. The third-order valence-electron chi connectivity index (χ3n) is 5.65. The summed E-state index contributed by atoms with van der Waals surface area (Å²) in [5.41, 5.74) is 0. The Kier molecular flexibility index (Phi) is 7.98. The molecule has 0 aromatic carbocycles. The van der Waals surface area contributed by atoms with E-state index in [1.54, 1.807) is 0 Å². The van der Waals surface area contributed by atoms with Crippen molar-refractivity contribution in [3.63, 3.8) is 0 Å². The highest BCUT2D eigenvalue weighted by atomic mass is 16.5. The lowest BCUT2D eigenvalue weighted by molar-refractivity contribution is -0.131. The third-order valence-corrected chi connectivity index (χ3v) is 5.65. The molecule has 5 heteroatoms. The number of nitrogens with zero attached hydrogens (tertiary/aromatic N) is 1. The van der Waals surface area contributed by atoms with Crippen LogP contribution in [0.2, 0.25) is 0 Å². The molecule has 1 heterocycles. The highest BCUT2D eigenvalue weighted by molar-refractivity contribution is 5.77. The Bertz CT molecular complexity index is 383. The van der Waals surface area contributed by atoms with Crippen LogP contribution in [0, 0.1) is 17.8 Å². The largest absolute Gasteiger partial charge is 0.379 e. The topological polar surface area (TPSA) is 50.8 Å². The van der Waals surface area contributed by atoms with Crippen LogP contribution < -0.4 is 5.32 Å². The molecule has 0 unspecified atom stereocenters. The minimum Gasteiger partial charge on any atom is -0.379 e. The molecule has 5 nitrogen and oxygen atoms in total. The van der Waals surface area contributed by atoms with Gasteiger partial charge in [0.2, 0.25) is 5.91 Å². The van der Waals surface area contributed by atoms with Gasteiger partial charge in [0, 0.05) is 25.7 Å². The number of amides is 1. The number of morpholine rings is 1. The quantitative estimate of drug-likeness (QED) is 0.773. The number of carbonyl (C=O) groups is 1. The Morgan fingerprint density at radius 1 is 1.25 bits per heavy atom. The second-order valence-electron chi connectivity index (χ2n) is 7.98. The van der Waals surface area contributed by atoms with E-state index in [-0.39, 0.29) is 18.6 Å². The third kappa shape index (κ3) is 6.01. The molecule has 0 radical (unpaired) electrons. The molecule has 2 rings (SSSR count). The van der Waals surface area contributed by atoms with E-state index >= 15 is 0 Å². The predicted molar refractivity (Wildman–Crippen MR) is 95.9 cm³/mol. The highest BCUT2D eigenvalue weighted by Crippen LogP contribution is 2.35. The van der Waals surface area contributed by atoms with Crippen molar-refractivity contribution in [2.75, 3.05) is 39.5 Å². The van der Waals surface area contributed by atoms with Crippen molar-refractivity contribution in [1.82, 2.24) is 10.2 Å². The summed E-state index contributed by atoms with van der Waals surface area (Å²) in [7, 11) is 0. The summed E-state index contributed by atoms with van der Waals surface area (Å²) in [6.45, 7) is 13.3. The summed E-state index contributed by atoms with van der Waals surface area (Å²) in [5, 5.41) is 3.03. The van der Waals surface area contributed by atoms with Crippen LogP contribution in [0.5, 0.6) is 0 Å². The minimum atomic E-state index is 0.0100. The van der Waals surface area contributed by atoms with Gasteiger partial charge in [-0.25, -0.2) is 0 Å². The molecule has 1 N–H and O–H groups in total. The van der Waals surface area contributed by atoms with Crippen LogP contribution in [0.25, 0.3) is 0 Å². The van der Waals surface area contributed by atoms with Crippen LogP contribution in [-0.4, -0.2) is 62.4 Å². The van der Waals surface area contributed by atoms with Gasteiger partial charge >= 0.3 is 0 Å². The zero-order chi connectivity index (χ0) is 17.5. The van der Waals surface area contributed by atoms with Gasteiger partial charge in [-0.3, -0.25) is 9.69 Å². The van der Waals surface area contributed by atoms with Crippen molar-refractivity contribution in [1.29, 1.82) is 0 Å². The first-order valence-electron chi connectivity index (χ1n) is 9.67. The van der Waals surface area contributed by atoms with E-state index in [2.05, 4.69) is 37.9 Å². The van der Waals surface area contributed by atoms with E-state index in [1.807, 2.05) is 0 Å². The normalized spacial score (nSPS) is 30.3. The number of nitrogens with one attached hydrogen (secondary N) is 1. The van der Waals surface area contributed by atoms with Crippen molar-refractivity contribution in [3.8, 4) is 0 Å². The molecular formula is C19H36N2O3. The van der Waals surface area contributed by atoms with Gasteiger partial charge in [0.25, 0.3) is 0 Å². The second kappa shape index (κ2) is 9.73. The lowest BCUT2D eigenvalue weighted by Crippen LogP contribution is -2.48. The molecule has 140 valence electrons. The van der Waals surface area contributed by atoms with E-state index in [0.717, 1.165) is 32.7 Å². The molecule has 1 aliphatic carbocycles. The van der Waals surface area contributed by atoms with Crippen molar-refractivity contribution in [3.05, 3.63) is 0 Å². The Morgan fingerprint density at radius 3 is 2.62 bits per heavy atom. The standard InChI is InChI=1S/C19H36N2O3/c1-14(2)17-6-5-15(3)11-18(17)24-13-19(22)20-12-16(4)21-7-9-23-10-8-21/h14-18H,5-13H2,1-4H3,(H,20,22)/t15-,16-,17-,18-/m1/s1. The fourth-order valence-corrected chi connectivity index (χ4v) is 3.95. The maximum absolute atomic E-state index is 12.2. The van der Waals surface area contributed by atoms with Crippen LogP contribution in [-0.2, 0) is 14.3 Å². The van der Waals surface area contributed by atoms with Gasteiger partial charge in [0.15, 0.2) is 0 Å². The molecule has 2 fully saturated rings. The molecule has 1 amide bonds. The Hall–Kier alpha value is -0.650. The van der Waals surface area contributed by atoms with E-state index in [9.17, 15) is 4.79 Å². The first-order valence-corrected chi connectivity index (χ1v) is 9.67. The summed E-state index contributed by atoms with van der Waals surface area (Å²) in [4.78, 5) is 14.5. The summed E-state index contributed by atoms with van der Waals surface area (Å²) in [6, 6.07) is 0.343. The monoisotopic (exact) mass is 340 g/mol. The van der Waals surface area contributed by atoms with Gasteiger partial charge in [-0.15, -0.1) is 0 Å². The van der Waals surface area contributed by atoms with Gasteiger partial charge in [-0.05, 0) is 37.5 Å².